The number of carbonyl (C=O) groups is 1. The number of hydrogen-bond donors (Lipinski definition) is 1. The van der Waals surface area contributed by atoms with Crippen LogP contribution >= 0.6 is 11.3 Å². The Morgan fingerprint density at radius 1 is 1.64 bits per heavy atom. The summed E-state index contributed by atoms with van der Waals surface area (Å²) in [4.78, 5) is 17.2. The molecule has 0 saturated heterocycles. The fourth-order valence-electron chi connectivity index (χ4n) is 1.42. The predicted molar refractivity (Wildman–Crippen MR) is 56.7 cm³/mol. The number of nitrogens with two attached hydrogens (primary N) is 1. The molecule has 1 aliphatic carbocycles. The van der Waals surface area contributed by atoms with Gasteiger partial charge in [-0.05, 0) is 32.7 Å². The lowest BCUT2D eigenvalue weighted by Gasteiger charge is -1.91. The summed E-state index contributed by atoms with van der Waals surface area (Å²) in [5.41, 5.74) is 6.46. The molecule has 0 spiro atoms. The van der Waals surface area contributed by atoms with Crippen LogP contribution in [0.15, 0.2) is 0 Å². The van der Waals surface area contributed by atoms with Crippen LogP contribution in [0.25, 0.3) is 0 Å². The van der Waals surface area contributed by atoms with Crippen molar-refractivity contribution in [2.75, 3.05) is 6.54 Å². The maximum Gasteiger partial charge on any atom is 0.194 e. The van der Waals surface area contributed by atoms with E-state index in [0.29, 0.717) is 11.6 Å². The summed E-state index contributed by atoms with van der Waals surface area (Å²) >= 11 is 1.52. The molecule has 0 bridgehead atoms. The topological polar surface area (TPSA) is 56.0 Å². The Hall–Kier alpha value is -0.740. The van der Waals surface area contributed by atoms with Gasteiger partial charge in [-0.3, -0.25) is 4.79 Å². The van der Waals surface area contributed by atoms with Crippen LogP contribution in [0.4, 0.5) is 0 Å². The first-order valence-electron chi connectivity index (χ1n) is 4.93. The van der Waals surface area contributed by atoms with E-state index >= 15 is 0 Å². The second-order valence-corrected chi connectivity index (χ2v) is 4.79. The smallest absolute Gasteiger partial charge is 0.194 e. The van der Waals surface area contributed by atoms with Gasteiger partial charge >= 0.3 is 0 Å². The molecule has 1 aromatic heterocycles. The molecule has 0 radical (unpaired) electrons. The number of hydrogen-bond acceptors (Lipinski definition) is 4. The van der Waals surface area contributed by atoms with Crippen molar-refractivity contribution in [2.24, 2.45) is 11.7 Å². The molecule has 1 aromatic rings. The standard InChI is InChI=1S/C10H14N2OS/c1-6-8(4-5-11)14-10(12-6)9(13)7-2-3-7/h7H,2-5,11H2,1H3. The van der Waals surface area contributed by atoms with E-state index in [4.69, 9.17) is 5.73 Å². The molecule has 3 nitrogen and oxygen atoms in total. The third-order valence-corrected chi connectivity index (χ3v) is 3.65. The highest BCUT2D eigenvalue weighted by atomic mass is 32.1. The maximum absolute atomic E-state index is 11.7. The molecule has 1 fully saturated rings. The molecular formula is C10H14N2OS. The van der Waals surface area contributed by atoms with Crippen LogP contribution in [0.3, 0.4) is 0 Å². The molecule has 2 rings (SSSR count). The zero-order chi connectivity index (χ0) is 10.1. The number of aryl methyl sites for hydroxylation is 1. The second kappa shape index (κ2) is 3.79. The Morgan fingerprint density at radius 2 is 2.36 bits per heavy atom. The van der Waals surface area contributed by atoms with Crippen LogP contribution in [-0.4, -0.2) is 17.3 Å². The molecule has 1 aliphatic rings. The van der Waals surface area contributed by atoms with Gasteiger partial charge < -0.3 is 5.73 Å². The van der Waals surface area contributed by atoms with Crippen molar-refractivity contribution in [3.05, 3.63) is 15.6 Å². The minimum atomic E-state index is 0.237. The summed E-state index contributed by atoms with van der Waals surface area (Å²) in [6.07, 6.45) is 2.93. The lowest BCUT2D eigenvalue weighted by atomic mass is 10.3. The summed E-state index contributed by atoms with van der Waals surface area (Å²) in [5.74, 6) is 0.507. The van der Waals surface area contributed by atoms with Crippen molar-refractivity contribution in [2.45, 2.75) is 26.2 Å². The van der Waals surface area contributed by atoms with Crippen LogP contribution in [0.1, 0.15) is 33.2 Å². The average Bonchev–Trinajstić information content (AvgIpc) is 2.93. The maximum atomic E-state index is 11.7. The van der Waals surface area contributed by atoms with E-state index in [2.05, 4.69) is 4.98 Å². The Bertz CT molecular complexity index is 355. The number of nitrogens with zero attached hydrogens (tertiary/aromatic N) is 1. The van der Waals surface area contributed by atoms with Gasteiger partial charge in [0.25, 0.3) is 0 Å². The van der Waals surface area contributed by atoms with Crippen molar-refractivity contribution in [3.8, 4) is 0 Å². The van der Waals surface area contributed by atoms with Gasteiger partial charge in [0.2, 0.25) is 0 Å². The lowest BCUT2D eigenvalue weighted by Crippen LogP contribution is -2.01. The van der Waals surface area contributed by atoms with E-state index in [9.17, 15) is 4.79 Å². The highest BCUT2D eigenvalue weighted by molar-refractivity contribution is 7.13. The SMILES string of the molecule is Cc1nc(C(=O)C2CC2)sc1CCN. The number of Topliss-reactive ketones (excluding diaryl/α,β-unsaturated/α-hetero) is 1. The van der Waals surface area contributed by atoms with Crippen LogP contribution in [-0.2, 0) is 6.42 Å². The first-order valence-corrected chi connectivity index (χ1v) is 5.74. The molecule has 0 unspecified atom stereocenters. The minimum absolute atomic E-state index is 0.237. The Morgan fingerprint density at radius 3 is 2.93 bits per heavy atom. The molecule has 0 atom stereocenters. The zero-order valence-corrected chi connectivity index (χ0v) is 9.06. The van der Waals surface area contributed by atoms with Crippen LogP contribution in [0, 0.1) is 12.8 Å². The van der Waals surface area contributed by atoms with E-state index in [0.717, 1.165) is 29.8 Å². The molecule has 4 heteroatoms. The van der Waals surface area contributed by atoms with Gasteiger partial charge in [-0.2, -0.15) is 0 Å². The third-order valence-electron chi connectivity index (χ3n) is 2.42. The molecule has 2 N–H and O–H groups in total. The molecular weight excluding hydrogens is 196 g/mol. The summed E-state index contributed by atoms with van der Waals surface area (Å²) in [7, 11) is 0. The monoisotopic (exact) mass is 210 g/mol. The van der Waals surface area contributed by atoms with Gasteiger partial charge in [-0.15, -0.1) is 11.3 Å². The molecule has 0 aliphatic heterocycles. The van der Waals surface area contributed by atoms with Crippen LogP contribution in [0.5, 0.6) is 0 Å². The quantitative estimate of drug-likeness (QED) is 0.767. The number of thiazole rings is 1. The van der Waals surface area contributed by atoms with Crippen LogP contribution < -0.4 is 5.73 Å². The fourth-order valence-corrected chi connectivity index (χ4v) is 2.51. The van der Waals surface area contributed by atoms with Gasteiger partial charge in [-0.25, -0.2) is 4.98 Å². The second-order valence-electron chi connectivity index (χ2n) is 3.70. The van der Waals surface area contributed by atoms with Crippen molar-refractivity contribution < 1.29 is 4.79 Å². The van der Waals surface area contributed by atoms with Crippen molar-refractivity contribution in [3.63, 3.8) is 0 Å². The number of aromatic nitrogens is 1. The molecule has 1 saturated carbocycles. The van der Waals surface area contributed by atoms with Gasteiger partial charge in [0.1, 0.15) is 0 Å². The molecule has 76 valence electrons. The van der Waals surface area contributed by atoms with Gasteiger partial charge in [0.05, 0.1) is 5.69 Å². The van der Waals surface area contributed by atoms with E-state index in [-0.39, 0.29) is 11.7 Å². The van der Waals surface area contributed by atoms with E-state index in [1.807, 2.05) is 6.92 Å². The Labute approximate surface area is 87.3 Å². The normalized spacial score (nSPS) is 15.9. The fraction of sp³-hybridized carbons (Fsp3) is 0.600. The number of carbonyl (C=O) groups excluding carboxylic acids is 1. The first kappa shape index (κ1) is 9.80. The number of ketones is 1. The molecule has 0 amide bonds. The Kier molecular flexibility index (Phi) is 2.65. The predicted octanol–water partition coefficient (Wildman–Crippen LogP) is 1.55. The molecule has 0 aromatic carbocycles. The Balaban J connectivity index is 2.18. The highest BCUT2D eigenvalue weighted by Crippen LogP contribution is 2.34. The summed E-state index contributed by atoms with van der Waals surface area (Å²) in [6, 6.07) is 0. The highest BCUT2D eigenvalue weighted by Gasteiger charge is 2.32. The van der Waals surface area contributed by atoms with E-state index in [1.165, 1.54) is 11.3 Å². The van der Waals surface area contributed by atoms with E-state index in [1.54, 1.807) is 0 Å². The van der Waals surface area contributed by atoms with Crippen molar-refractivity contribution in [1.82, 2.24) is 4.98 Å². The van der Waals surface area contributed by atoms with Gasteiger partial charge in [0, 0.05) is 10.8 Å². The minimum Gasteiger partial charge on any atom is -0.330 e. The lowest BCUT2D eigenvalue weighted by molar-refractivity contribution is 0.0967. The average molecular weight is 210 g/mol. The number of rotatable bonds is 4. The van der Waals surface area contributed by atoms with Crippen molar-refractivity contribution in [1.29, 1.82) is 0 Å². The zero-order valence-electron chi connectivity index (χ0n) is 8.25. The summed E-state index contributed by atoms with van der Waals surface area (Å²) in [6.45, 7) is 2.57. The van der Waals surface area contributed by atoms with Crippen molar-refractivity contribution >= 4 is 17.1 Å². The first-order chi connectivity index (χ1) is 6.72. The van der Waals surface area contributed by atoms with E-state index < -0.39 is 0 Å². The summed E-state index contributed by atoms with van der Waals surface area (Å²) in [5, 5.41) is 0.688. The van der Waals surface area contributed by atoms with Gasteiger partial charge in [0.15, 0.2) is 10.8 Å². The largest absolute Gasteiger partial charge is 0.330 e. The van der Waals surface area contributed by atoms with Gasteiger partial charge in [-0.1, -0.05) is 0 Å². The third kappa shape index (κ3) is 1.86. The molecule has 14 heavy (non-hydrogen) atoms. The summed E-state index contributed by atoms with van der Waals surface area (Å²) < 4.78 is 0. The van der Waals surface area contributed by atoms with Crippen LogP contribution in [0.2, 0.25) is 0 Å². The molecule has 1 heterocycles.